The molecule has 0 radical (unpaired) electrons. The number of nitrogens with zero attached hydrogens (tertiary/aromatic N) is 2. The first-order chi connectivity index (χ1) is 20.6. The summed E-state index contributed by atoms with van der Waals surface area (Å²) in [5, 5.41) is 2.66. The van der Waals surface area contributed by atoms with Crippen LogP contribution < -0.4 is 5.32 Å². The van der Waals surface area contributed by atoms with E-state index in [4.69, 9.17) is 13.9 Å². The number of amides is 1. The zero-order chi connectivity index (χ0) is 31.8. The maximum Gasteiger partial charge on any atom is 0.414 e. The van der Waals surface area contributed by atoms with Crippen LogP contribution in [0.15, 0.2) is 35.1 Å². The van der Waals surface area contributed by atoms with E-state index in [2.05, 4.69) is 22.2 Å². The third-order valence-corrected chi connectivity index (χ3v) is 8.14. The lowest BCUT2D eigenvalue weighted by Crippen LogP contribution is -2.28. The summed E-state index contributed by atoms with van der Waals surface area (Å²) in [7, 11) is 0. The Morgan fingerprint density at radius 1 is 0.977 bits per heavy atom. The molecular weight excluding hydrogens is 558 g/mol. The Hall–Kier alpha value is -3.75. The number of nitrogens with one attached hydrogen (secondary N) is 1. The summed E-state index contributed by atoms with van der Waals surface area (Å²) in [4.78, 5) is 48.4. The lowest BCUT2D eigenvalue weighted by molar-refractivity contribution is -0.156. The van der Waals surface area contributed by atoms with Crippen LogP contribution >= 0.6 is 0 Å². The summed E-state index contributed by atoms with van der Waals surface area (Å²) in [6, 6.07) is 3.91. The van der Waals surface area contributed by atoms with E-state index in [9.17, 15) is 14.4 Å². The van der Waals surface area contributed by atoms with E-state index >= 15 is 0 Å². The van der Waals surface area contributed by atoms with Crippen molar-refractivity contribution in [1.29, 1.82) is 0 Å². The molecule has 236 valence electrons. The van der Waals surface area contributed by atoms with Gasteiger partial charge in [0.05, 0.1) is 0 Å². The predicted octanol–water partition coefficient (Wildman–Crippen LogP) is 8.12. The molecule has 2 aliphatic carbocycles. The summed E-state index contributed by atoms with van der Waals surface area (Å²) in [6.45, 7) is 13.2. The number of hydrogen-bond acceptors (Lipinski definition) is 8. The highest BCUT2D eigenvalue weighted by Crippen LogP contribution is 2.43. The molecule has 5 rings (SSSR count). The van der Waals surface area contributed by atoms with Crippen molar-refractivity contribution in [2.24, 2.45) is 11.8 Å². The summed E-state index contributed by atoms with van der Waals surface area (Å²) >= 11 is 0. The van der Waals surface area contributed by atoms with Crippen molar-refractivity contribution in [3.05, 3.63) is 53.0 Å². The van der Waals surface area contributed by atoms with Crippen molar-refractivity contribution in [3.63, 3.8) is 0 Å². The van der Waals surface area contributed by atoms with Gasteiger partial charge in [0.2, 0.25) is 5.88 Å². The molecule has 2 fully saturated rings. The Labute approximate surface area is 259 Å². The number of ether oxygens (including phenoxy) is 2. The van der Waals surface area contributed by atoms with Gasteiger partial charge in [0, 0.05) is 31.4 Å². The van der Waals surface area contributed by atoms with Gasteiger partial charge in [0.1, 0.15) is 22.3 Å². The minimum atomic E-state index is -0.721. The molecule has 0 spiro atoms. The number of pyridine rings is 2. The number of Topliss-reactive ketones (excluding diaryl/α,β-unsaturated/α-hetero) is 1. The van der Waals surface area contributed by atoms with Crippen LogP contribution in [0, 0.1) is 11.8 Å². The zero-order valence-corrected chi connectivity index (χ0v) is 27.0. The average molecular weight is 604 g/mol. The Kier molecular flexibility index (Phi) is 8.87. The molecule has 44 heavy (non-hydrogen) atoms. The predicted molar refractivity (Wildman–Crippen MR) is 168 cm³/mol. The van der Waals surface area contributed by atoms with Gasteiger partial charge in [0.15, 0.2) is 11.4 Å². The van der Waals surface area contributed by atoms with Crippen molar-refractivity contribution in [1.82, 2.24) is 9.97 Å². The fourth-order valence-electron chi connectivity index (χ4n) is 6.41. The van der Waals surface area contributed by atoms with Crippen LogP contribution in [-0.4, -0.2) is 39.0 Å². The molecular formula is C35H45N3O6. The number of fused-ring (bicyclic) bond motifs is 1. The molecule has 2 aliphatic rings. The highest BCUT2D eigenvalue weighted by Gasteiger charge is 2.33. The molecule has 2 saturated carbocycles. The Balaban J connectivity index is 1.41. The number of aromatic nitrogens is 2. The van der Waals surface area contributed by atoms with Gasteiger partial charge < -0.3 is 13.9 Å². The van der Waals surface area contributed by atoms with Gasteiger partial charge in [-0.2, -0.15) is 0 Å². The largest absolute Gasteiger partial charge is 0.460 e. The van der Waals surface area contributed by atoms with Crippen molar-refractivity contribution < 1.29 is 28.3 Å². The first kappa shape index (κ1) is 31.7. The molecule has 0 unspecified atom stereocenters. The minimum Gasteiger partial charge on any atom is -0.460 e. The number of hydrogen-bond donors (Lipinski definition) is 1. The number of anilines is 1. The SMILES string of the molecule is C[C@@H]1C[C@H](CC(=O)OC(C)(C)C)C[C@H](c2ccncc2CC(=O)c2c(NC(=O)OC(C)(C)C)oc3cc(C4CC4)cnc23)C1. The lowest BCUT2D eigenvalue weighted by Gasteiger charge is -2.34. The van der Waals surface area contributed by atoms with Crippen LogP contribution in [-0.2, 0) is 20.7 Å². The van der Waals surface area contributed by atoms with E-state index in [1.165, 1.54) is 0 Å². The summed E-state index contributed by atoms with van der Waals surface area (Å²) in [5.74, 6) is 0.881. The van der Waals surface area contributed by atoms with E-state index in [1.54, 1.807) is 39.4 Å². The Morgan fingerprint density at radius 3 is 2.39 bits per heavy atom. The van der Waals surface area contributed by atoms with Crippen molar-refractivity contribution in [3.8, 4) is 0 Å². The van der Waals surface area contributed by atoms with Gasteiger partial charge in [-0.3, -0.25) is 24.9 Å². The van der Waals surface area contributed by atoms with Crippen molar-refractivity contribution in [2.75, 3.05) is 5.32 Å². The molecule has 3 atom stereocenters. The van der Waals surface area contributed by atoms with Crippen LogP contribution in [0.25, 0.3) is 11.1 Å². The summed E-state index contributed by atoms with van der Waals surface area (Å²) in [6.07, 6.45) is 10.0. The van der Waals surface area contributed by atoms with Gasteiger partial charge >= 0.3 is 12.1 Å². The van der Waals surface area contributed by atoms with Gasteiger partial charge in [0.25, 0.3) is 0 Å². The van der Waals surface area contributed by atoms with Crippen LogP contribution in [0.4, 0.5) is 10.7 Å². The van der Waals surface area contributed by atoms with E-state index in [0.29, 0.717) is 29.4 Å². The lowest BCUT2D eigenvalue weighted by atomic mass is 9.71. The van der Waals surface area contributed by atoms with E-state index in [1.807, 2.05) is 32.9 Å². The Bertz CT molecular complexity index is 1540. The highest BCUT2D eigenvalue weighted by atomic mass is 16.6. The van der Waals surface area contributed by atoms with Crippen LogP contribution in [0.3, 0.4) is 0 Å². The fourth-order valence-corrected chi connectivity index (χ4v) is 6.41. The van der Waals surface area contributed by atoms with Gasteiger partial charge in [-0.1, -0.05) is 6.92 Å². The molecule has 0 saturated heterocycles. The van der Waals surface area contributed by atoms with Crippen LogP contribution in [0.2, 0.25) is 0 Å². The molecule has 0 aliphatic heterocycles. The van der Waals surface area contributed by atoms with E-state index < -0.39 is 17.3 Å². The number of carbonyl (C=O) groups is 3. The quantitative estimate of drug-likeness (QED) is 0.202. The molecule has 3 aromatic heterocycles. The highest BCUT2D eigenvalue weighted by molar-refractivity contribution is 6.12. The Morgan fingerprint density at radius 2 is 1.70 bits per heavy atom. The second-order valence-corrected chi connectivity index (χ2v) is 14.7. The third-order valence-electron chi connectivity index (χ3n) is 8.14. The maximum absolute atomic E-state index is 14.1. The third kappa shape index (κ3) is 8.04. The monoisotopic (exact) mass is 603 g/mol. The summed E-state index contributed by atoms with van der Waals surface area (Å²) in [5.41, 5.74) is 2.81. The average Bonchev–Trinajstić information content (AvgIpc) is 3.67. The molecule has 9 heteroatoms. The number of ketones is 1. The van der Waals surface area contributed by atoms with Gasteiger partial charge in [-0.25, -0.2) is 4.79 Å². The first-order valence-corrected chi connectivity index (χ1v) is 15.8. The maximum atomic E-state index is 14.1. The number of rotatable bonds is 8. The first-order valence-electron chi connectivity index (χ1n) is 15.8. The van der Waals surface area contributed by atoms with E-state index in [0.717, 1.165) is 48.8 Å². The molecule has 0 bridgehead atoms. The molecule has 3 aromatic rings. The molecule has 3 heterocycles. The zero-order valence-electron chi connectivity index (χ0n) is 27.0. The minimum absolute atomic E-state index is 0.0360. The van der Waals surface area contributed by atoms with Gasteiger partial charge in [-0.15, -0.1) is 0 Å². The van der Waals surface area contributed by atoms with E-state index in [-0.39, 0.29) is 41.5 Å². The molecule has 1 N–H and O–H groups in total. The normalized spacial score (nSPS) is 20.8. The number of esters is 1. The van der Waals surface area contributed by atoms with Crippen molar-refractivity contribution in [2.45, 2.75) is 116 Å². The topological polar surface area (TPSA) is 121 Å². The van der Waals surface area contributed by atoms with Crippen LogP contribution in [0.5, 0.6) is 0 Å². The standard InChI is InChI=1S/C35H45N3O6/c1-20-12-21(15-29(40)43-34(2,3)4)14-23(13-20)26-10-11-36-18-25(26)16-27(39)30-31-28(17-24(19-37-31)22-8-9-22)42-32(30)38-33(41)44-35(5,6)7/h10-11,17-23H,8-9,12-16H2,1-7H3,(H,38,41)/t20-,21+,23-/m1/s1. The van der Waals surface area contributed by atoms with Crippen molar-refractivity contribution >= 4 is 34.8 Å². The second-order valence-electron chi connectivity index (χ2n) is 14.7. The second kappa shape index (κ2) is 12.3. The number of carbonyl (C=O) groups excluding carboxylic acids is 3. The molecule has 0 aromatic carbocycles. The molecule has 1 amide bonds. The fraction of sp³-hybridized carbons (Fsp3) is 0.571. The van der Waals surface area contributed by atoms with Gasteiger partial charge in [-0.05, 0) is 126 Å². The molecule has 9 nitrogen and oxygen atoms in total. The number of furan rings is 1. The smallest absolute Gasteiger partial charge is 0.414 e. The van der Waals surface area contributed by atoms with Crippen LogP contribution in [0.1, 0.15) is 126 Å². The summed E-state index contributed by atoms with van der Waals surface area (Å²) < 4.78 is 17.1.